The summed E-state index contributed by atoms with van der Waals surface area (Å²) in [6.45, 7) is 9.28. The van der Waals surface area contributed by atoms with Crippen LogP contribution >= 0.6 is 0 Å². The third-order valence-electron chi connectivity index (χ3n) is 6.92. The van der Waals surface area contributed by atoms with Gasteiger partial charge in [0.1, 0.15) is 11.3 Å². The normalized spacial score (nSPS) is 18.1. The number of carbonyl (C=O) groups excluding carboxylic acids is 2. The summed E-state index contributed by atoms with van der Waals surface area (Å²) < 4.78 is 42.8. The van der Waals surface area contributed by atoms with E-state index in [2.05, 4.69) is 15.4 Å². The van der Waals surface area contributed by atoms with Crippen molar-refractivity contribution in [3.8, 4) is 0 Å². The van der Waals surface area contributed by atoms with Crippen molar-refractivity contribution in [1.82, 2.24) is 14.6 Å². The second-order valence-corrected chi connectivity index (χ2v) is 11.2. The van der Waals surface area contributed by atoms with Crippen LogP contribution in [0.25, 0.3) is 5.65 Å². The summed E-state index contributed by atoms with van der Waals surface area (Å²) in [5.41, 5.74) is -0.155. The molecule has 0 radical (unpaired) electrons. The number of halogens is 2. The molecule has 0 spiro atoms. The summed E-state index contributed by atoms with van der Waals surface area (Å²) in [4.78, 5) is 31.5. The first-order valence-corrected chi connectivity index (χ1v) is 12.6. The van der Waals surface area contributed by atoms with Crippen molar-refractivity contribution >= 4 is 35.0 Å². The van der Waals surface area contributed by atoms with Crippen LogP contribution in [-0.4, -0.2) is 45.4 Å². The van der Waals surface area contributed by atoms with Crippen molar-refractivity contribution in [2.75, 3.05) is 23.4 Å². The van der Waals surface area contributed by atoms with Crippen LogP contribution in [0, 0.1) is 5.92 Å². The van der Waals surface area contributed by atoms with Gasteiger partial charge in [-0.25, -0.2) is 14.2 Å². The zero-order valence-electron chi connectivity index (χ0n) is 22.0. The number of benzene rings is 1. The van der Waals surface area contributed by atoms with Crippen LogP contribution in [0.3, 0.4) is 0 Å². The zero-order valence-corrected chi connectivity index (χ0v) is 22.0. The van der Waals surface area contributed by atoms with Crippen molar-refractivity contribution < 1.29 is 27.8 Å². The molecule has 2 amide bonds. The van der Waals surface area contributed by atoms with E-state index in [9.17, 15) is 9.59 Å². The number of anilines is 3. The molecule has 2 aliphatic heterocycles. The molecule has 0 saturated carbocycles. The first-order valence-electron chi connectivity index (χ1n) is 12.6. The van der Waals surface area contributed by atoms with Crippen LogP contribution in [0.1, 0.15) is 58.7 Å². The molecule has 2 aromatic heterocycles. The third kappa shape index (κ3) is 4.48. The smallest absolute Gasteiger partial charge is 0.421 e. The molecule has 1 N–H and O–H groups in total. The van der Waals surface area contributed by atoms with Gasteiger partial charge in [0.2, 0.25) is 11.9 Å². The van der Waals surface area contributed by atoms with Gasteiger partial charge in [-0.3, -0.25) is 4.79 Å². The highest BCUT2D eigenvalue weighted by Gasteiger charge is 2.48. The number of hydrogen-bond acceptors (Lipinski definition) is 7. The van der Waals surface area contributed by atoms with Gasteiger partial charge in [0.15, 0.2) is 5.65 Å². The number of fused-ring (bicyclic) bond motifs is 2. The van der Waals surface area contributed by atoms with Gasteiger partial charge < -0.3 is 14.8 Å². The van der Waals surface area contributed by atoms with Gasteiger partial charge in [-0.05, 0) is 77.3 Å². The Morgan fingerprint density at radius 1 is 1.16 bits per heavy atom. The van der Waals surface area contributed by atoms with Crippen LogP contribution in [0.5, 0.6) is 0 Å². The van der Waals surface area contributed by atoms with Crippen LogP contribution in [0.2, 0.25) is 0 Å². The van der Waals surface area contributed by atoms with Crippen LogP contribution < -0.4 is 10.2 Å². The molecular formula is C27H31F2N5O4. The molecule has 202 valence electrons. The lowest BCUT2D eigenvalue weighted by atomic mass is 9.86. The Morgan fingerprint density at radius 3 is 2.55 bits per heavy atom. The predicted octanol–water partition coefficient (Wildman–Crippen LogP) is 5.55. The average Bonchev–Trinajstić information content (AvgIpc) is 3.33. The van der Waals surface area contributed by atoms with Gasteiger partial charge >= 0.3 is 6.09 Å². The summed E-state index contributed by atoms with van der Waals surface area (Å²) in [5, 5.41) is 7.35. The van der Waals surface area contributed by atoms with Gasteiger partial charge in [-0.15, -0.1) is 5.10 Å². The van der Waals surface area contributed by atoms with Gasteiger partial charge in [0, 0.05) is 24.8 Å². The van der Waals surface area contributed by atoms with Crippen molar-refractivity contribution in [2.24, 2.45) is 5.92 Å². The lowest BCUT2D eigenvalue weighted by Gasteiger charge is -2.30. The van der Waals surface area contributed by atoms with E-state index in [-0.39, 0.29) is 30.1 Å². The van der Waals surface area contributed by atoms with E-state index in [0.29, 0.717) is 30.2 Å². The second kappa shape index (κ2) is 9.00. The van der Waals surface area contributed by atoms with E-state index in [4.69, 9.17) is 9.47 Å². The number of nitrogens with one attached hydrogen (secondary N) is 1. The molecule has 1 saturated heterocycles. The van der Waals surface area contributed by atoms with Crippen molar-refractivity contribution in [2.45, 2.75) is 64.4 Å². The van der Waals surface area contributed by atoms with Crippen LogP contribution in [-0.2, 0) is 25.6 Å². The number of carbonyl (C=O) groups is 2. The molecule has 4 heterocycles. The molecule has 2 aliphatic rings. The van der Waals surface area contributed by atoms with E-state index in [0.717, 1.165) is 9.42 Å². The van der Waals surface area contributed by atoms with Crippen molar-refractivity contribution in [3.63, 3.8) is 0 Å². The number of amides is 2. The van der Waals surface area contributed by atoms with E-state index in [1.165, 1.54) is 12.1 Å². The highest BCUT2D eigenvalue weighted by Crippen LogP contribution is 2.44. The molecule has 0 atom stereocenters. The van der Waals surface area contributed by atoms with Gasteiger partial charge in [-0.1, -0.05) is 12.1 Å². The highest BCUT2D eigenvalue weighted by atomic mass is 19.3. The molecule has 3 aromatic rings. The molecule has 38 heavy (non-hydrogen) atoms. The zero-order chi connectivity index (χ0) is 27.5. The van der Waals surface area contributed by atoms with Gasteiger partial charge in [0.25, 0.3) is 5.92 Å². The summed E-state index contributed by atoms with van der Waals surface area (Å²) in [5.74, 6) is -4.25. The Labute approximate surface area is 219 Å². The van der Waals surface area contributed by atoms with Crippen molar-refractivity contribution in [1.29, 1.82) is 0 Å². The van der Waals surface area contributed by atoms with Crippen molar-refractivity contribution in [3.05, 3.63) is 47.7 Å². The second-order valence-electron chi connectivity index (χ2n) is 11.2. The first-order chi connectivity index (χ1) is 17.8. The summed E-state index contributed by atoms with van der Waals surface area (Å²) >= 11 is 0. The number of nitrogens with zero attached hydrogens (tertiary/aromatic N) is 4. The Bertz CT molecular complexity index is 1410. The summed E-state index contributed by atoms with van der Waals surface area (Å²) in [6.07, 6.45) is -0.236. The number of alkyl halides is 2. The number of rotatable bonds is 4. The van der Waals surface area contributed by atoms with E-state index in [1.807, 2.05) is 0 Å². The third-order valence-corrected chi connectivity index (χ3v) is 6.92. The lowest BCUT2D eigenvalue weighted by molar-refractivity contribution is -0.121. The number of aromatic nitrogens is 3. The predicted molar refractivity (Wildman–Crippen MR) is 137 cm³/mol. The molecule has 0 bridgehead atoms. The first kappa shape index (κ1) is 26.0. The SMILES string of the molecule is CC(C)(C)OC(=O)N1C(=O)C(C)(C)c2ccc(Nc3nc4cccc(C(F)(F)C5CCOCC5)n4n3)cc21. The number of pyridine rings is 1. The molecule has 0 unspecified atom stereocenters. The Morgan fingerprint density at radius 2 is 1.87 bits per heavy atom. The maximum Gasteiger partial charge on any atom is 0.421 e. The quantitative estimate of drug-likeness (QED) is 0.475. The molecular weight excluding hydrogens is 496 g/mol. The van der Waals surface area contributed by atoms with E-state index in [1.54, 1.807) is 58.9 Å². The highest BCUT2D eigenvalue weighted by molar-refractivity contribution is 6.21. The van der Waals surface area contributed by atoms with E-state index < -0.39 is 34.9 Å². The summed E-state index contributed by atoms with van der Waals surface area (Å²) in [6, 6.07) is 9.63. The maximum atomic E-state index is 15.5. The number of hydrogen-bond donors (Lipinski definition) is 1. The maximum absolute atomic E-state index is 15.5. The van der Waals surface area contributed by atoms with Gasteiger partial charge in [0.05, 0.1) is 11.1 Å². The largest absolute Gasteiger partial charge is 0.443 e. The minimum Gasteiger partial charge on any atom is -0.443 e. The Kier molecular flexibility index (Phi) is 6.17. The topological polar surface area (TPSA) is 98.1 Å². The standard InChI is InChI=1S/C27H31F2N5O4/c1-25(2,3)38-24(36)33-19-15-17(9-10-18(19)26(4,5)22(33)35)30-23-31-21-8-6-7-20(34(21)32-23)27(28,29)16-11-13-37-14-12-16/h6-10,15-16H,11-14H2,1-5H3,(H,30,32). The molecule has 11 heteroatoms. The number of imide groups is 1. The Balaban J connectivity index is 1.47. The fraction of sp³-hybridized carbons (Fsp3) is 0.481. The lowest BCUT2D eigenvalue weighted by Crippen LogP contribution is -2.43. The molecule has 9 nitrogen and oxygen atoms in total. The average molecular weight is 528 g/mol. The van der Waals surface area contributed by atoms with Gasteiger partial charge in [-0.2, -0.15) is 13.8 Å². The minimum absolute atomic E-state index is 0.104. The van der Waals surface area contributed by atoms with E-state index >= 15 is 8.78 Å². The molecule has 5 rings (SSSR count). The monoisotopic (exact) mass is 527 g/mol. The minimum atomic E-state index is -3.11. The molecule has 1 aromatic carbocycles. The number of ether oxygens (including phenoxy) is 2. The Hall–Kier alpha value is -3.60. The summed E-state index contributed by atoms with van der Waals surface area (Å²) in [7, 11) is 0. The fourth-order valence-electron chi connectivity index (χ4n) is 4.92. The molecule has 0 aliphatic carbocycles. The molecule has 1 fully saturated rings. The van der Waals surface area contributed by atoms with Crippen LogP contribution in [0.4, 0.5) is 30.9 Å². The van der Waals surface area contributed by atoms with Crippen LogP contribution in [0.15, 0.2) is 36.4 Å². The fourth-order valence-corrected chi connectivity index (χ4v) is 4.92.